The maximum atomic E-state index is 13.0. The number of hydrogen-bond acceptors (Lipinski definition) is 4. The van der Waals surface area contributed by atoms with Crippen LogP contribution < -0.4 is 14.9 Å². The largest absolute Gasteiger partial charge is 0.345 e. The Morgan fingerprint density at radius 3 is 2.03 bits per heavy atom. The summed E-state index contributed by atoms with van der Waals surface area (Å²) in [7, 11) is -2.17. The molecular weight excluding hydrogens is 426 g/mol. The first-order valence-corrected chi connectivity index (χ1v) is 11.8. The van der Waals surface area contributed by atoms with Gasteiger partial charge in [0.05, 0.1) is 34.8 Å². The molecule has 3 aromatic carbocycles. The summed E-state index contributed by atoms with van der Waals surface area (Å²) in [6.45, 7) is 1.88. The van der Waals surface area contributed by atoms with E-state index >= 15 is 0 Å². The minimum absolute atomic E-state index is 0.174. The van der Waals surface area contributed by atoms with Gasteiger partial charge in [-0.3, -0.25) is 13.9 Å². The number of para-hydroxylation sites is 2. The Bertz CT molecular complexity index is 1230. The number of sulfonamides is 1. The molecule has 0 saturated heterocycles. The first kappa shape index (κ1) is 23.0. The van der Waals surface area contributed by atoms with Crippen molar-refractivity contribution in [3.05, 3.63) is 95.6 Å². The molecule has 166 valence electrons. The zero-order valence-corrected chi connectivity index (χ0v) is 18.9. The highest BCUT2D eigenvalue weighted by Gasteiger charge is 2.21. The molecule has 0 aliphatic rings. The van der Waals surface area contributed by atoms with Crippen molar-refractivity contribution in [1.29, 1.82) is 0 Å². The normalized spacial score (nSPS) is 12.0. The zero-order valence-electron chi connectivity index (χ0n) is 18.1. The Morgan fingerprint density at radius 1 is 0.812 bits per heavy atom. The zero-order chi connectivity index (χ0) is 23.3. The molecule has 0 bridgehead atoms. The predicted octanol–water partition coefficient (Wildman–Crippen LogP) is 3.83. The summed E-state index contributed by atoms with van der Waals surface area (Å²) in [5.74, 6) is -0.855. The Labute approximate surface area is 188 Å². The molecule has 0 aliphatic carbocycles. The van der Waals surface area contributed by atoms with Crippen LogP contribution in [-0.4, -0.2) is 33.5 Å². The Hall–Kier alpha value is -3.65. The van der Waals surface area contributed by atoms with Gasteiger partial charge in [-0.2, -0.15) is 0 Å². The monoisotopic (exact) mass is 451 g/mol. The topological polar surface area (TPSA) is 95.6 Å². The van der Waals surface area contributed by atoms with E-state index in [2.05, 4.69) is 10.6 Å². The van der Waals surface area contributed by atoms with Crippen molar-refractivity contribution in [3.8, 4) is 0 Å². The molecule has 2 amide bonds. The van der Waals surface area contributed by atoms with Crippen LogP contribution in [0.1, 0.15) is 39.2 Å². The molecule has 7 nitrogen and oxygen atoms in total. The molecule has 8 heteroatoms. The Balaban J connectivity index is 1.84. The third kappa shape index (κ3) is 5.33. The third-order valence-electron chi connectivity index (χ3n) is 5.05. The van der Waals surface area contributed by atoms with E-state index in [-0.39, 0.29) is 23.2 Å². The minimum Gasteiger partial charge on any atom is -0.345 e. The number of hydrogen-bond donors (Lipinski definition) is 2. The van der Waals surface area contributed by atoms with Crippen LogP contribution >= 0.6 is 0 Å². The van der Waals surface area contributed by atoms with Crippen molar-refractivity contribution in [2.75, 3.05) is 22.9 Å². The van der Waals surface area contributed by atoms with Crippen molar-refractivity contribution >= 4 is 33.2 Å². The quantitative estimate of drug-likeness (QED) is 0.571. The lowest BCUT2D eigenvalue weighted by Gasteiger charge is -2.20. The molecule has 0 aromatic heterocycles. The van der Waals surface area contributed by atoms with E-state index in [4.69, 9.17) is 0 Å². The van der Waals surface area contributed by atoms with Gasteiger partial charge in [-0.05, 0) is 36.8 Å². The number of anilines is 2. The first-order valence-electron chi connectivity index (χ1n) is 9.97. The second kappa shape index (κ2) is 9.65. The summed E-state index contributed by atoms with van der Waals surface area (Å²) in [4.78, 5) is 25.9. The van der Waals surface area contributed by atoms with Gasteiger partial charge < -0.3 is 10.6 Å². The van der Waals surface area contributed by atoms with Gasteiger partial charge in [0.2, 0.25) is 10.0 Å². The lowest BCUT2D eigenvalue weighted by Crippen LogP contribution is -2.29. The van der Waals surface area contributed by atoms with E-state index in [0.717, 1.165) is 16.1 Å². The number of nitrogens with one attached hydrogen (secondary N) is 2. The van der Waals surface area contributed by atoms with Gasteiger partial charge in [0.15, 0.2) is 0 Å². The van der Waals surface area contributed by atoms with E-state index < -0.39 is 15.9 Å². The number of carbonyl (C=O) groups is 2. The Morgan fingerprint density at radius 2 is 1.38 bits per heavy atom. The number of amides is 2. The Kier molecular flexibility index (Phi) is 6.95. The standard InChI is InChI=1S/C24H25N3O4S/c1-17(18-11-5-4-6-12-18)25-23(28)19-13-7-9-15-21(19)26-24(29)20-14-8-10-16-22(20)27(2)32(3,30)31/h4-17H,1-3H3,(H,25,28)(H,26,29)/t17-/m0/s1. The highest BCUT2D eigenvalue weighted by molar-refractivity contribution is 7.92. The molecule has 0 unspecified atom stereocenters. The van der Waals surface area contributed by atoms with Crippen molar-refractivity contribution in [3.63, 3.8) is 0 Å². The van der Waals surface area contributed by atoms with Crippen LogP contribution in [0.3, 0.4) is 0 Å². The lowest BCUT2D eigenvalue weighted by atomic mass is 10.1. The van der Waals surface area contributed by atoms with E-state index in [1.807, 2.05) is 37.3 Å². The predicted molar refractivity (Wildman–Crippen MR) is 126 cm³/mol. The van der Waals surface area contributed by atoms with Gasteiger partial charge in [-0.25, -0.2) is 8.42 Å². The summed E-state index contributed by atoms with van der Waals surface area (Å²) in [5.41, 5.74) is 2.00. The summed E-state index contributed by atoms with van der Waals surface area (Å²) < 4.78 is 25.0. The SMILES string of the molecule is C[C@H](NC(=O)c1ccccc1NC(=O)c1ccccc1N(C)S(C)(=O)=O)c1ccccc1. The van der Waals surface area contributed by atoms with E-state index in [1.54, 1.807) is 42.5 Å². The van der Waals surface area contributed by atoms with Gasteiger partial charge >= 0.3 is 0 Å². The fourth-order valence-corrected chi connectivity index (χ4v) is 3.71. The molecule has 3 aromatic rings. The van der Waals surface area contributed by atoms with Crippen molar-refractivity contribution in [1.82, 2.24) is 5.32 Å². The van der Waals surface area contributed by atoms with Gasteiger partial charge in [0.1, 0.15) is 0 Å². The van der Waals surface area contributed by atoms with E-state index in [9.17, 15) is 18.0 Å². The average Bonchev–Trinajstić information content (AvgIpc) is 2.78. The smallest absolute Gasteiger partial charge is 0.257 e. The summed E-state index contributed by atoms with van der Waals surface area (Å²) in [5, 5.41) is 5.68. The fraction of sp³-hybridized carbons (Fsp3) is 0.167. The molecule has 1 atom stereocenters. The van der Waals surface area contributed by atoms with Crippen molar-refractivity contribution in [2.45, 2.75) is 13.0 Å². The molecule has 0 radical (unpaired) electrons. The highest BCUT2D eigenvalue weighted by atomic mass is 32.2. The van der Waals surface area contributed by atoms with Crippen LogP contribution in [-0.2, 0) is 10.0 Å². The summed E-state index contributed by atoms with van der Waals surface area (Å²) in [6.07, 6.45) is 1.06. The lowest BCUT2D eigenvalue weighted by molar-refractivity contribution is 0.0940. The highest BCUT2D eigenvalue weighted by Crippen LogP contribution is 2.24. The third-order valence-corrected chi connectivity index (χ3v) is 6.24. The van der Waals surface area contributed by atoms with E-state index in [0.29, 0.717) is 11.3 Å². The van der Waals surface area contributed by atoms with Crippen LogP contribution in [0.4, 0.5) is 11.4 Å². The van der Waals surface area contributed by atoms with Crippen molar-refractivity contribution < 1.29 is 18.0 Å². The van der Waals surface area contributed by atoms with Crippen LogP contribution in [0.15, 0.2) is 78.9 Å². The number of carbonyl (C=O) groups excluding carboxylic acids is 2. The molecule has 0 spiro atoms. The molecule has 0 heterocycles. The second-order valence-electron chi connectivity index (χ2n) is 7.35. The molecule has 3 rings (SSSR count). The van der Waals surface area contributed by atoms with Gasteiger partial charge in [-0.15, -0.1) is 0 Å². The van der Waals surface area contributed by atoms with E-state index in [1.165, 1.54) is 13.1 Å². The summed E-state index contributed by atoms with van der Waals surface area (Å²) in [6, 6.07) is 22.4. The fourth-order valence-electron chi connectivity index (χ4n) is 3.20. The van der Waals surface area contributed by atoms with Crippen LogP contribution in [0, 0.1) is 0 Å². The number of rotatable bonds is 7. The molecule has 32 heavy (non-hydrogen) atoms. The molecule has 0 aliphatic heterocycles. The van der Waals surface area contributed by atoms with Crippen LogP contribution in [0.2, 0.25) is 0 Å². The maximum Gasteiger partial charge on any atom is 0.257 e. The average molecular weight is 452 g/mol. The van der Waals surface area contributed by atoms with Gasteiger partial charge in [-0.1, -0.05) is 54.6 Å². The molecule has 2 N–H and O–H groups in total. The maximum absolute atomic E-state index is 13.0. The second-order valence-corrected chi connectivity index (χ2v) is 9.37. The van der Waals surface area contributed by atoms with Gasteiger partial charge in [0.25, 0.3) is 11.8 Å². The van der Waals surface area contributed by atoms with Crippen molar-refractivity contribution in [2.24, 2.45) is 0 Å². The molecular formula is C24H25N3O4S. The summed E-state index contributed by atoms with van der Waals surface area (Å²) >= 11 is 0. The first-order chi connectivity index (χ1) is 15.2. The van der Waals surface area contributed by atoms with Gasteiger partial charge in [0, 0.05) is 7.05 Å². The molecule has 0 fully saturated rings. The minimum atomic E-state index is -3.56. The van der Waals surface area contributed by atoms with Crippen LogP contribution in [0.5, 0.6) is 0 Å². The number of nitrogens with zero attached hydrogens (tertiary/aromatic N) is 1. The number of benzene rings is 3. The van der Waals surface area contributed by atoms with Crippen LogP contribution in [0.25, 0.3) is 0 Å². The molecule has 0 saturated carbocycles.